The van der Waals surface area contributed by atoms with Crippen molar-refractivity contribution in [1.29, 1.82) is 0 Å². The molecule has 588 valence electrons. The lowest BCUT2D eigenvalue weighted by Gasteiger charge is -2.25. The molecule has 0 radical (unpaired) electrons. The third kappa shape index (κ3) is 16.4. The summed E-state index contributed by atoms with van der Waals surface area (Å²) in [6, 6.07) is 175. The Morgan fingerprint density at radius 1 is 0.130 bits per heavy atom. The number of benzene rings is 21. The lowest BCUT2D eigenvalue weighted by molar-refractivity contribution is 1.21. The lowest BCUT2D eigenvalue weighted by atomic mass is 9.99. The maximum absolute atomic E-state index is 2.31. The summed E-state index contributed by atoms with van der Waals surface area (Å²) < 4.78 is 0. The van der Waals surface area contributed by atoms with Crippen LogP contribution in [0.25, 0.3) is 98.0 Å². The van der Waals surface area contributed by atoms with E-state index in [1.165, 1.54) is 115 Å². The molecule has 0 bridgehead atoms. The van der Waals surface area contributed by atoms with Gasteiger partial charge in [0, 0.05) is 117 Å². The van der Waals surface area contributed by atoms with Crippen LogP contribution in [-0.4, -0.2) is 21.1 Å². The van der Waals surface area contributed by atoms with Crippen LogP contribution in [0.2, 0.25) is 0 Å². The number of hydrogen-bond acceptors (Lipinski definition) is 6. The molecule has 0 aliphatic carbocycles. The average Bonchev–Trinajstić information content (AvgIpc) is 0.768. The molecule has 21 aromatic rings. The molecule has 21 rings (SSSR count). The molecule has 21 aromatic carbocycles. The fraction of sp³-hybridized carbons (Fsp3) is 0.0256. The lowest BCUT2D eigenvalue weighted by Crippen LogP contribution is -2.10. The van der Waals surface area contributed by atoms with Crippen molar-refractivity contribution in [3.63, 3.8) is 0 Å². The topological polar surface area (TPSA) is 19.4 Å². The van der Waals surface area contributed by atoms with Crippen LogP contribution in [0.3, 0.4) is 0 Å². The quantitative estimate of drug-likeness (QED) is 0.0625. The summed E-state index contributed by atoms with van der Waals surface area (Å²) in [4.78, 5) is 13.7. The van der Waals surface area contributed by atoms with E-state index in [0.29, 0.717) is 0 Å². The summed E-state index contributed by atoms with van der Waals surface area (Å²) in [5.74, 6) is 0. The van der Waals surface area contributed by atoms with Crippen LogP contribution in [0.5, 0.6) is 0 Å². The van der Waals surface area contributed by atoms with Crippen molar-refractivity contribution >= 4 is 150 Å². The Bertz CT molecular complexity index is 6980. The first-order chi connectivity index (χ1) is 60.7. The van der Waals surface area contributed by atoms with Crippen molar-refractivity contribution in [2.45, 2.75) is 0 Å². The van der Waals surface area contributed by atoms with Crippen molar-refractivity contribution in [1.82, 2.24) is 0 Å². The van der Waals surface area contributed by atoms with Crippen molar-refractivity contribution in [2.75, 3.05) is 50.5 Å². The number of rotatable bonds is 18. The molecule has 0 aromatic heterocycles. The van der Waals surface area contributed by atoms with E-state index in [1.807, 2.05) is 0 Å². The standard InChI is InChI=1S/3C39H30N2/c1-40(39-37-18-10-8-12-31(37)28-32-13-9-11-19-38(32)39)33-24-20-29(21-25-33)30-22-26-36(27-23-30)41(34-14-4-2-5-15-34)35-16-6-3-7-17-35;1-40(39-28-31-12-8-9-17-36(31)37-18-10-11-19-38(37)39)32-24-20-29(21-25-32)30-22-26-35(27-23-30)41(33-13-4-2-5-14-33)34-15-6-3-7-16-34;1-40(39-25-20-33-26-31-10-8-9-11-32(31)27-34(33)28-39)35-21-16-29(17-22-35)30-18-23-38(24-19-30)41(36-12-4-2-5-13-36)37-14-6-3-7-15-37/h3*2-28H,1H3. The zero-order valence-corrected chi connectivity index (χ0v) is 68.9. The molecule has 0 saturated carbocycles. The van der Waals surface area contributed by atoms with E-state index >= 15 is 0 Å². The molecule has 0 aliphatic heterocycles. The summed E-state index contributed by atoms with van der Waals surface area (Å²) in [5.41, 5.74) is 24.5. The minimum Gasteiger partial charge on any atom is -0.345 e. The van der Waals surface area contributed by atoms with Gasteiger partial charge in [0.1, 0.15) is 0 Å². The SMILES string of the molecule is CN(c1ccc(-c2ccc(N(c3ccccc3)c3ccccc3)cc2)cc1)c1c2ccccc2cc2ccccc12.CN(c1ccc(-c2ccc(N(c3ccccc3)c3ccccc3)cc2)cc1)c1cc2ccccc2c2ccccc12.CN(c1ccc(-c2ccc(N(c3ccccc3)c3ccccc3)cc2)cc1)c1ccc2cc3ccccc3cc2c1. The highest BCUT2D eigenvalue weighted by molar-refractivity contribution is 6.15. The molecule has 0 heterocycles. The van der Waals surface area contributed by atoms with Crippen LogP contribution in [-0.2, 0) is 0 Å². The van der Waals surface area contributed by atoms with E-state index in [9.17, 15) is 0 Å². The summed E-state index contributed by atoms with van der Waals surface area (Å²) >= 11 is 0. The molecule has 0 amide bonds. The van der Waals surface area contributed by atoms with Gasteiger partial charge in [0.05, 0.1) is 5.69 Å². The van der Waals surface area contributed by atoms with Crippen LogP contribution in [0, 0.1) is 0 Å². The van der Waals surface area contributed by atoms with Gasteiger partial charge in [-0.15, -0.1) is 0 Å². The summed E-state index contributed by atoms with van der Waals surface area (Å²) in [6.07, 6.45) is 0. The predicted molar refractivity (Wildman–Crippen MR) is 528 cm³/mol. The van der Waals surface area contributed by atoms with Gasteiger partial charge in [-0.3, -0.25) is 0 Å². The third-order valence-corrected chi connectivity index (χ3v) is 23.5. The Hall–Kier alpha value is -16.0. The Kier molecular flexibility index (Phi) is 22.1. The molecule has 0 fully saturated rings. The van der Waals surface area contributed by atoms with E-state index < -0.39 is 0 Å². The van der Waals surface area contributed by atoms with Gasteiger partial charge in [-0.05, 0) is 264 Å². The number of fused-ring (bicyclic) bond motifs is 7. The van der Waals surface area contributed by atoms with Crippen LogP contribution < -0.4 is 29.4 Å². The second-order valence-corrected chi connectivity index (χ2v) is 31.0. The second-order valence-electron chi connectivity index (χ2n) is 31.0. The van der Waals surface area contributed by atoms with E-state index in [1.54, 1.807) is 0 Å². The van der Waals surface area contributed by atoms with E-state index in [-0.39, 0.29) is 0 Å². The van der Waals surface area contributed by atoms with Crippen LogP contribution >= 0.6 is 0 Å². The maximum atomic E-state index is 2.31. The molecular formula is C117H90N6. The Morgan fingerprint density at radius 3 is 0.707 bits per heavy atom. The van der Waals surface area contributed by atoms with Gasteiger partial charge in [-0.25, -0.2) is 0 Å². The molecule has 0 atom stereocenters. The van der Waals surface area contributed by atoms with Crippen molar-refractivity contribution in [2.24, 2.45) is 0 Å². The Morgan fingerprint density at radius 2 is 0.358 bits per heavy atom. The van der Waals surface area contributed by atoms with Gasteiger partial charge in [-0.1, -0.05) is 309 Å². The number of anilines is 15. The molecule has 6 heteroatoms. The molecule has 0 saturated heterocycles. The normalized spacial score (nSPS) is 11.0. The Balaban J connectivity index is 0.000000121. The van der Waals surface area contributed by atoms with Gasteiger partial charge >= 0.3 is 0 Å². The molecule has 0 N–H and O–H groups in total. The zero-order chi connectivity index (χ0) is 82.8. The second kappa shape index (κ2) is 35.3. The van der Waals surface area contributed by atoms with E-state index in [4.69, 9.17) is 0 Å². The van der Waals surface area contributed by atoms with Gasteiger partial charge in [-0.2, -0.15) is 0 Å². The first-order valence-corrected chi connectivity index (χ1v) is 42.0. The molecule has 123 heavy (non-hydrogen) atoms. The maximum Gasteiger partial charge on any atom is 0.0567 e. The molecule has 0 spiro atoms. The number of para-hydroxylation sites is 6. The molecule has 0 aliphatic rings. The predicted octanol–water partition coefficient (Wildman–Crippen LogP) is 32.7. The minimum atomic E-state index is 1.13. The fourth-order valence-corrected chi connectivity index (χ4v) is 17.1. The first-order valence-electron chi connectivity index (χ1n) is 42.0. The summed E-state index contributed by atoms with van der Waals surface area (Å²) in [6.45, 7) is 0. The largest absolute Gasteiger partial charge is 0.345 e. The van der Waals surface area contributed by atoms with Gasteiger partial charge in [0.25, 0.3) is 0 Å². The highest BCUT2D eigenvalue weighted by Gasteiger charge is 2.20. The van der Waals surface area contributed by atoms with Crippen molar-refractivity contribution in [3.05, 3.63) is 491 Å². The third-order valence-electron chi connectivity index (χ3n) is 23.5. The Labute approximate surface area is 720 Å². The molecular weight excluding hydrogens is 1490 g/mol. The van der Waals surface area contributed by atoms with Crippen LogP contribution in [0.4, 0.5) is 85.3 Å². The highest BCUT2D eigenvalue weighted by atomic mass is 15.2. The first kappa shape index (κ1) is 76.9. The fourth-order valence-electron chi connectivity index (χ4n) is 17.1. The molecule has 6 nitrogen and oxygen atoms in total. The number of nitrogens with zero attached hydrogens (tertiary/aromatic N) is 6. The number of hydrogen-bond donors (Lipinski definition) is 0. The average molecular weight is 1580 g/mol. The smallest absolute Gasteiger partial charge is 0.0567 e. The summed E-state index contributed by atoms with van der Waals surface area (Å²) in [5, 5.41) is 15.2. The van der Waals surface area contributed by atoms with Crippen LogP contribution in [0.1, 0.15) is 0 Å². The van der Waals surface area contributed by atoms with Crippen molar-refractivity contribution < 1.29 is 0 Å². The summed E-state index contributed by atoms with van der Waals surface area (Å²) in [7, 11) is 6.45. The van der Waals surface area contributed by atoms with Crippen LogP contribution in [0.15, 0.2) is 491 Å². The highest BCUT2D eigenvalue weighted by Crippen LogP contribution is 2.44. The minimum absolute atomic E-state index is 1.13. The van der Waals surface area contributed by atoms with Gasteiger partial charge in [0.15, 0.2) is 0 Å². The zero-order valence-electron chi connectivity index (χ0n) is 68.9. The monoisotopic (exact) mass is 1580 g/mol. The van der Waals surface area contributed by atoms with Crippen molar-refractivity contribution in [3.8, 4) is 33.4 Å². The van der Waals surface area contributed by atoms with Gasteiger partial charge < -0.3 is 29.4 Å². The van der Waals surface area contributed by atoms with Gasteiger partial charge in [0.2, 0.25) is 0 Å². The van der Waals surface area contributed by atoms with E-state index in [2.05, 4.69) is 542 Å². The molecule has 0 unspecified atom stereocenters. The van der Waals surface area contributed by atoms with E-state index in [0.717, 1.165) is 68.2 Å².